The highest BCUT2D eigenvalue weighted by atomic mass is 35.5. The number of hydrogen-bond donors (Lipinski definition) is 1. The van der Waals surface area contributed by atoms with E-state index in [2.05, 4.69) is 6.07 Å². The summed E-state index contributed by atoms with van der Waals surface area (Å²) < 4.78 is 19.0. The number of nitrogens with two attached hydrogens (primary N) is 1. The molecule has 0 fully saturated rings. The Morgan fingerprint density at radius 1 is 1.10 bits per heavy atom. The summed E-state index contributed by atoms with van der Waals surface area (Å²) in [4.78, 5) is 12.8. The van der Waals surface area contributed by atoms with Gasteiger partial charge in [-0.1, -0.05) is 41.9 Å². The molecular formula is C23H14ClFN2O2. The van der Waals surface area contributed by atoms with E-state index in [-0.39, 0.29) is 22.0 Å². The van der Waals surface area contributed by atoms with Crippen LogP contribution in [0.1, 0.15) is 21.7 Å². The molecule has 4 aromatic rings. The number of anilines is 1. The third kappa shape index (κ3) is 3.46. The van der Waals surface area contributed by atoms with Gasteiger partial charge in [-0.25, -0.2) is 4.39 Å². The fourth-order valence-corrected chi connectivity index (χ4v) is 3.47. The number of benzene rings is 3. The van der Waals surface area contributed by atoms with Gasteiger partial charge < -0.3 is 10.2 Å². The number of nitrogen functional groups attached to an aromatic ring is 1. The van der Waals surface area contributed by atoms with E-state index in [0.29, 0.717) is 17.4 Å². The quantitative estimate of drug-likeness (QED) is 0.438. The second-order valence-electron chi connectivity index (χ2n) is 6.54. The van der Waals surface area contributed by atoms with E-state index >= 15 is 0 Å². The summed E-state index contributed by atoms with van der Waals surface area (Å²) in [5.41, 5.74) is 9.61. The van der Waals surface area contributed by atoms with Crippen LogP contribution in [-0.2, 0) is 6.42 Å². The van der Waals surface area contributed by atoms with E-state index in [0.717, 1.165) is 28.8 Å². The van der Waals surface area contributed by atoms with E-state index in [9.17, 15) is 9.18 Å². The van der Waals surface area contributed by atoms with Crippen molar-refractivity contribution in [1.82, 2.24) is 0 Å². The van der Waals surface area contributed by atoms with Crippen LogP contribution in [0.25, 0.3) is 22.1 Å². The van der Waals surface area contributed by atoms with Crippen LogP contribution in [-0.4, -0.2) is 5.78 Å². The Balaban J connectivity index is 1.77. The minimum Gasteiger partial charge on any atom is -0.450 e. The topological polar surface area (TPSA) is 80.0 Å². The van der Waals surface area contributed by atoms with Gasteiger partial charge in [0.2, 0.25) is 5.78 Å². The van der Waals surface area contributed by atoms with Crippen LogP contribution in [0.3, 0.4) is 0 Å². The van der Waals surface area contributed by atoms with Crippen molar-refractivity contribution in [2.24, 2.45) is 0 Å². The monoisotopic (exact) mass is 404 g/mol. The first kappa shape index (κ1) is 18.7. The van der Waals surface area contributed by atoms with Gasteiger partial charge in [0.05, 0.1) is 23.2 Å². The molecule has 0 aliphatic carbocycles. The van der Waals surface area contributed by atoms with E-state index in [4.69, 9.17) is 27.0 Å². The van der Waals surface area contributed by atoms with Gasteiger partial charge in [0, 0.05) is 10.9 Å². The third-order valence-corrected chi connectivity index (χ3v) is 4.97. The minimum atomic E-state index is -0.535. The number of nitrogens with zero attached hydrogens (tertiary/aromatic N) is 1. The SMILES string of the molecule is N#CCc1cccc(-c2ccc3c(N)c(C(=O)c4ccc(F)cc4Cl)oc3c2)c1. The maximum absolute atomic E-state index is 13.3. The molecule has 1 heterocycles. The Kier molecular flexibility index (Phi) is 4.79. The minimum absolute atomic E-state index is 0.00940. The zero-order valence-corrected chi connectivity index (χ0v) is 15.8. The van der Waals surface area contributed by atoms with Gasteiger partial charge in [-0.05, 0) is 47.0 Å². The molecule has 3 aromatic carbocycles. The lowest BCUT2D eigenvalue weighted by molar-refractivity contribution is 0.101. The Labute approximate surface area is 170 Å². The molecule has 0 aliphatic heterocycles. The predicted octanol–water partition coefficient (Wildman–Crippen LogP) is 5.77. The number of ketones is 1. The summed E-state index contributed by atoms with van der Waals surface area (Å²) in [7, 11) is 0. The van der Waals surface area contributed by atoms with Crippen LogP contribution in [0.4, 0.5) is 10.1 Å². The highest BCUT2D eigenvalue weighted by molar-refractivity contribution is 6.35. The molecule has 2 N–H and O–H groups in total. The van der Waals surface area contributed by atoms with Crippen LogP contribution >= 0.6 is 11.6 Å². The lowest BCUT2D eigenvalue weighted by atomic mass is 10.0. The first-order valence-electron chi connectivity index (χ1n) is 8.76. The van der Waals surface area contributed by atoms with Gasteiger partial charge in [0.25, 0.3) is 0 Å². The Bertz CT molecular complexity index is 1300. The molecule has 0 unspecified atom stereocenters. The number of furan rings is 1. The first-order chi connectivity index (χ1) is 14.0. The summed E-state index contributed by atoms with van der Waals surface area (Å²) in [5.74, 6) is -1.09. The van der Waals surface area contributed by atoms with Crippen LogP contribution in [0.2, 0.25) is 5.02 Å². The normalized spacial score (nSPS) is 10.8. The van der Waals surface area contributed by atoms with Crippen molar-refractivity contribution < 1.29 is 13.6 Å². The van der Waals surface area contributed by atoms with E-state index in [1.54, 1.807) is 12.1 Å². The van der Waals surface area contributed by atoms with Gasteiger partial charge in [-0.3, -0.25) is 4.79 Å². The molecular weight excluding hydrogens is 391 g/mol. The van der Waals surface area contributed by atoms with Gasteiger partial charge in [-0.15, -0.1) is 0 Å². The molecule has 0 saturated carbocycles. The number of fused-ring (bicyclic) bond motifs is 1. The summed E-state index contributed by atoms with van der Waals surface area (Å²) >= 11 is 6.00. The highest BCUT2D eigenvalue weighted by Gasteiger charge is 2.22. The molecule has 6 heteroatoms. The molecule has 0 spiro atoms. The Morgan fingerprint density at radius 2 is 1.90 bits per heavy atom. The van der Waals surface area contributed by atoms with Gasteiger partial charge >= 0.3 is 0 Å². The Hall–Kier alpha value is -3.62. The van der Waals surface area contributed by atoms with E-state index in [1.165, 1.54) is 6.07 Å². The van der Waals surface area contributed by atoms with Crippen molar-refractivity contribution in [3.8, 4) is 17.2 Å². The largest absolute Gasteiger partial charge is 0.450 e. The predicted molar refractivity (Wildman–Crippen MR) is 110 cm³/mol. The fraction of sp³-hybridized carbons (Fsp3) is 0.0435. The number of carbonyl (C=O) groups excluding carboxylic acids is 1. The van der Waals surface area contributed by atoms with Crippen molar-refractivity contribution in [2.75, 3.05) is 5.73 Å². The molecule has 0 saturated heterocycles. The molecule has 4 nitrogen and oxygen atoms in total. The summed E-state index contributed by atoms with van der Waals surface area (Å²) in [5, 5.41) is 9.49. The first-order valence-corrected chi connectivity index (χ1v) is 9.14. The summed E-state index contributed by atoms with van der Waals surface area (Å²) in [6, 6.07) is 18.7. The highest BCUT2D eigenvalue weighted by Crippen LogP contribution is 2.34. The lowest BCUT2D eigenvalue weighted by Crippen LogP contribution is -2.04. The molecule has 0 aliphatic rings. The maximum Gasteiger partial charge on any atom is 0.231 e. The second-order valence-corrected chi connectivity index (χ2v) is 6.95. The van der Waals surface area contributed by atoms with Crippen molar-refractivity contribution in [2.45, 2.75) is 6.42 Å². The van der Waals surface area contributed by atoms with Gasteiger partial charge in [-0.2, -0.15) is 5.26 Å². The van der Waals surface area contributed by atoms with Crippen LogP contribution in [0.15, 0.2) is 65.1 Å². The Morgan fingerprint density at radius 3 is 2.66 bits per heavy atom. The molecule has 0 radical (unpaired) electrons. The van der Waals surface area contributed by atoms with E-state index in [1.807, 2.05) is 30.3 Å². The standard InChI is InChI=1S/C23H14ClFN2O2/c24-19-12-16(25)5-7-17(19)22(28)23-21(27)18-6-4-15(11-20(18)29-23)14-3-1-2-13(10-14)8-9-26/h1-7,10-12H,8,27H2. The second kappa shape index (κ2) is 7.42. The molecule has 0 atom stereocenters. The molecule has 0 amide bonds. The smallest absolute Gasteiger partial charge is 0.231 e. The lowest BCUT2D eigenvalue weighted by Gasteiger charge is -2.03. The number of nitriles is 1. The molecule has 29 heavy (non-hydrogen) atoms. The number of halogens is 2. The average molecular weight is 405 g/mol. The van der Waals surface area contributed by atoms with E-state index < -0.39 is 11.6 Å². The maximum atomic E-state index is 13.3. The van der Waals surface area contributed by atoms with Crippen molar-refractivity contribution >= 4 is 34.0 Å². The van der Waals surface area contributed by atoms with Crippen LogP contribution in [0.5, 0.6) is 0 Å². The zero-order chi connectivity index (χ0) is 20.5. The van der Waals surface area contributed by atoms with Crippen molar-refractivity contribution in [3.63, 3.8) is 0 Å². The number of rotatable bonds is 4. The summed E-state index contributed by atoms with van der Waals surface area (Å²) in [6.45, 7) is 0. The molecule has 142 valence electrons. The fourth-order valence-electron chi connectivity index (χ4n) is 3.21. The number of hydrogen-bond acceptors (Lipinski definition) is 4. The summed E-state index contributed by atoms with van der Waals surface area (Å²) in [6.07, 6.45) is 0.320. The van der Waals surface area contributed by atoms with Gasteiger partial charge in [0.1, 0.15) is 11.4 Å². The molecule has 1 aromatic heterocycles. The third-order valence-electron chi connectivity index (χ3n) is 4.65. The molecule has 0 bridgehead atoms. The zero-order valence-electron chi connectivity index (χ0n) is 15.1. The van der Waals surface area contributed by atoms with Gasteiger partial charge in [0.15, 0.2) is 5.76 Å². The average Bonchev–Trinajstić information content (AvgIpc) is 3.04. The number of carbonyl (C=O) groups is 1. The molecule has 4 rings (SSSR count). The van der Waals surface area contributed by atoms with Crippen LogP contribution in [0, 0.1) is 17.1 Å². The van der Waals surface area contributed by atoms with Crippen molar-refractivity contribution in [1.29, 1.82) is 5.26 Å². The van der Waals surface area contributed by atoms with Crippen LogP contribution < -0.4 is 5.73 Å². The van der Waals surface area contributed by atoms with Crippen molar-refractivity contribution in [3.05, 3.63) is 88.4 Å².